The smallest absolute Gasteiger partial charge is 0.308 e. The van der Waals surface area contributed by atoms with Gasteiger partial charge in [0.2, 0.25) is 0 Å². The lowest BCUT2D eigenvalue weighted by Crippen LogP contribution is -2.28. The number of hydrogen-bond donors (Lipinski definition) is 1. The van der Waals surface area contributed by atoms with Crippen molar-refractivity contribution in [2.45, 2.75) is 38.8 Å². The quantitative estimate of drug-likeness (QED) is 0.558. The van der Waals surface area contributed by atoms with Gasteiger partial charge in [-0.2, -0.15) is 0 Å². The third-order valence-electron chi connectivity index (χ3n) is 5.17. The summed E-state index contributed by atoms with van der Waals surface area (Å²) in [7, 11) is 1.47. The Labute approximate surface area is 166 Å². The van der Waals surface area contributed by atoms with Gasteiger partial charge in [0.05, 0.1) is 13.0 Å². The zero-order valence-corrected chi connectivity index (χ0v) is 16.6. The van der Waals surface area contributed by atoms with E-state index in [1.54, 1.807) is 0 Å². The van der Waals surface area contributed by atoms with Crippen LogP contribution in [0.15, 0.2) is 67.0 Å². The molecular weight excluding hydrogens is 348 g/mol. The van der Waals surface area contributed by atoms with Crippen molar-refractivity contribution in [3.8, 4) is 0 Å². The highest BCUT2D eigenvalue weighted by Gasteiger charge is 2.20. The number of fused-ring (bicyclic) bond motifs is 1. The van der Waals surface area contributed by atoms with Gasteiger partial charge in [0.1, 0.15) is 0 Å². The fourth-order valence-electron chi connectivity index (χ4n) is 3.46. The van der Waals surface area contributed by atoms with Crippen LogP contribution in [0, 0.1) is 5.92 Å². The van der Waals surface area contributed by atoms with Crippen LogP contribution in [0.5, 0.6) is 0 Å². The minimum atomic E-state index is -0.126. The molecule has 0 bridgehead atoms. The van der Waals surface area contributed by atoms with Crippen LogP contribution in [-0.2, 0) is 22.5 Å². The van der Waals surface area contributed by atoms with E-state index in [4.69, 9.17) is 4.74 Å². The number of carbonyl (C=O) groups excluding carboxylic acids is 1. The maximum absolute atomic E-state index is 12.2. The number of benzene rings is 2. The van der Waals surface area contributed by atoms with Gasteiger partial charge in [-0.05, 0) is 54.8 Å². The maximum atomic E-state index is 12.2. The van der Waals surface area contributed by atoms with E-state index in [1.807, 2.05) is 36.7 Å². The van der Waals surface area contributed by atoms with Gasteiger partial charge in [-0.3, -0.25) is 9.78 Å². The monoisotopic (exact) mass is 376 g/mol. The third-order valence-corrected chi connectivity index (χ3v) is 5.17. The fourth-order valence-corrected chi connectivity index (χ4v) is 3.46. The second-order valence-corrected chi connectivity index (χ2v) is 7.33. The molecule has 146 valence electrons. The van der Waals surface area contributed by atoms with Gasteiger partial charge in [-0.25, -0.2) is 0 Å². The van der Waals surface area contributed by atoms with Gasteiger partial charge in [0, 0.05) is 30.4 Å². The normalized spacial score (nSPS) is 13.2. The second kappa shape index (κ2) is 10.00. The molecule has 1 unspecified atom stereocenters. The molecule has 1 N–H and O–H groups in total. The Hall–Kier alpha value is -2.72. The van der Waals surface area contributed by atoms with Crippen LogP contribution in [0.1, 0.15) is 30.9 Å². The van der Waals surface area contributed by atoms with E-state index in [-0.39, 0.29) is 11.9 Å². The molecule has 0 aliphatic rings. The number of rotatable bonds is 9. The average molecular weight is 377 g/mol. The summed E-state index contributed by atoms with van der Waals surface area (Å²) in [6, 6.07) is 18.9. The van der Waals surface area contributed by atoms with E-state index in [2.05, 4.69) is 47.6 Å². The summed E-state index contributed by atoms with van der Waals surface area (Å²) in [5.74, 6) is -0.232. The highest BCUT2D eigenvalue weighted by Crippen LogP contribution is 2.18. The van der Waals surface area contributed by atoms with Gasteiger partial charge >= 0.3 is 5.97 Å². The number of methoxy groups -OCH3 is 1. The predicted octanol–water partition coefficient (Wildman–Crippen LogP) is 4.53. The molecule has 0 radical (unpaired) electrons. The van der Waals surface area contributed by atoms with Gasteiger partial charge in [0.15, 0.2) is 0 Å². The van der Waals surface area contributed by atoms with Crippen molar-refractivity contribution >= 4 is 16.7 Å². The van der Waals surface area contributed by atoms with Gasteiger partial charge in [-0.15, -0.1) is 0 Å². The first-order chi connectivity index (χ1) is 13.7. The topological polar surface area (TPSA) is 51.2 Å². The van der Waals surface area contributed by atoms with E-state index in [9.17, 15) is 4.79 Å². The van der Waals surface area contributed by atoms with E-state index in [0.29, 0.717) is 6.04 Å². The van der Waals surface area contributed by atoms with Crippen LogP contribution in [-0.4, -0.2) is 24.1 Å². The van der Waals surface area contributed by atoms with Crippen molar-refractivity contribution in [2.24, 2.45) is 5.92 Å². The molecule has 4 nitrogen and oxygen atoms in total. The molecule has 1 heterocycles. The van der Waals surface area contributed by atoms with Crippen LogP contribution >= 0.6 is 0 Å². The maximum Gasteiger partial charge on any atom is 0.308 e. The van der Waals surface area contributed by atoms with Crippen LogP contribution < -0.4 is 5.32 Å². The molecule has 4 heteroatoms. The molecule has 3 aromatic rings. The zero-order valence-electron chi connectivity index (χ0n) is 16.6. The summed E-state index contributed by atoms with van der Waals surface area (Å²) in [6.07, 6.45) is 6.15. The molecule has 0 aliphatic carbocycles. The minimum Gasteiger partial charge on any atom is -0.469 e. The van der Waals surface area contributed by atoms with Crippen LogP contribution in [0.25, 0.3) is 10.8 Å². The molecule has 3 rings (SSSR count). The van der Waals surface area contributed by atoms with Crippen molar-refractivity contribution in [3.63, 3.8) is 0 Å². The van der Waals surface area contributed by atoms with Crippen molar-refractivity contribution in [2.75, 3.05) is 7.11 Å². The molecular formula is C24H28N2O2. The Balaban J connectivity index is 1.52. The Kier molecular flexibility index (Phi) is 7.15. The van der Waals surface area contributed by atoms with Crippen molar-refractivity contribution in [3.05, 3.63) is 78.1 Å². The van der Waals surface area contributed by atoms with Crippen LogP contribution in [0.2, 0.25) is 0 Å². The van der Waals surface area contributed by atoms with Crippen molar-refractivity contribution < 1.29 is 9.53 Å². The van der Waals surface area contributed by atoms with E-state index in [0.717, 1.165) is 31.2 Å². The number of ether oxygens (including phenoxy) is 1. The number of nitrogens with zero attached hydrogens (tertiary/aromatic N) is 1. The first-order valence-corrected chi connectivity index (χ1v) is 9.83. The summed E-state index contributed by atoms with van der Waals surface area (Å²) < 4.78 is 5.02. The molecule has 0 fully saturated rings. The molecule has 0 amide bonds. The summed E-state index contributed by atoms with van der Waals surface area (Å²) in [6.45, 7) is 2.98. The number of hydrogen-bond acceptors (Lipinski definition) is 4. The number of aromatic nitrogens is 1. The van der Waals surface area contributed by atoms with E-state index < -0.39 is 0 Å². The Morgan fingerprint density at radius 2 is 1.86 bits per heavy atom. The molecule has 0 saturated carbocycles. The summed E-state index contributed by atoms with van der Waals surface area (Å²) >= 11 is 0. The molecule has 0 aliphatic heterocycles. The Bertz CT molecular complexity index is 895. The summed E-state index contributed by atoms with van der Waals surface area (Å²) in [5, 5.41) is 5.93. The second-order valence-electron chi connectivity index (χ2n) is 7.33. The predicted molar refractivity (Wildman–Crippen MR) is 113 cm³/mol. The SMILES string of the molecule is COC(=O)C(CC[C@@H](C)NCc1ccc2cnccc2c1)Cc1ccccc1. The first kappa shape index (κ1) is 20.0. The number of nitrogens with one attached hydrogen (secondary N) is 1. The number of carbonyl (C=O) groups is 1. The minimum absolute atomic E-state index is 0.107. The van der Waals surface area contributed by atoms with E-state index >= 15 is 0 Å². The van der Waals surface area contributed by atoms with Gasteiger partial charge < -0.3 is 10.1 Å². The van der Waals surface area contributed by atoms with Crippen molar-refractivity contribution in [1.82, 2.24) is 10.3 Å². The highest BCUT2D eigenvalue weighted by molar-refractivity contribution is 5.82. The Morgan fingerprint density at radius 3 is 2.64 bits per heavy atom. The Morgan fingerprint density at radius 1 is 1.04 bits per heavy atom. The van der Waals surface area contributed by atoms with Crippen molar-refractivity contribution in [1.29, 1.82) is 0 Å². The average Bonchev–Trinajstić information content (AvgIpc) is 2.75. The van der Waals surface area contributed by atoms with Crippen LogP contribution in [0.3, 0.4) is 0 Å². The first-order valence-electron chi connectivity index (χ1n) is 9.83. The number of pyridine rings is 1. The fraction of sp³-hybridized carbons (Fsp3) is 0.333. The standard InChI is InChI=1S/C24H28N2O2/c1-18(26-16-20-9-11-23-17-25-13-12-21(23)15-20)8-10-22(24(27)28-2)14-19-6-4-3-5-7-19/h3-7,9,11-13,15,17-18,22,26H,8,10,14,16H2,1-2H3/t18-,22?/m1/s1. The van der Waals surface area contributed by atoms with E-state index in [1.165, 1.54) is 23.6 Å². The summed E-state index contributed by atoms with van der Waals surface area (Å²) in [4.78, 5) is 16.3. The number of esters is 1. The largest absolute Gasteiger partial charge is 0.469 e. The van der Waals surface area contributed by atoms with Gasteiger partial charge in [0.25, 0.3) is 0 Å². The third kappa shape index (κ3) is 5.64. The summed E-state index contributed by atoms with van der Waals surface area (Å²) in [5.41, 5.74) is 2.42. The highest BCUT2D eigenvalue weighted by atomic mass is 16.5. The molecule has 1 aromatic heterocycles. The van der Waals surface area contributed by atoms with Crippen LogP contribution in [0.4, 0.5) is 0 Å². The molecule has 2 aromatic carbocycles. The molecule has 0 saturated heterocycles. The molecule has 0 spiro atoms. The lowest BCUT2D eigenvalue weighted by Gasteiger charge is -2.19. The lowest BCUT2D eigenvalue weighted by molar-refractivity contribution is -0.145. The molecule has 2 atom stereocenters. The zero-order chi connectivity index (χ0) is 19.8. The molecule has 28 heavy (non-hydrogen) atoms. The van der Waals surface area contributed by atoms with Gasteiger partial charge in [-0.1, -0.05) is 42.5 Å². The lowest BCUT2D eigenvalue weighted by atomic mass is 9.93.